The van der Waals surface area contributed by atoms with Gasteiger partial charge in [0.2, 0.25) is 5.71 Å². The number of carboxylic acid groups (broad SMARTS) is 1. The predicted molar refractivity (Wildman–Crippen MR) is 77.1 cm³/mol. The average molecular weight is 291 g/mol. The molecule has 0 aliphatic rings. The van der Waals surface area contributed by atoms with Gasteiger partial charge in [0.05, 0.1) is 0 Å². The minimum absolute atomic E-state index is 0.212. The fourth-order valence-corrected chi connectivity index (χ4v) is 2.22. The molecule has 1 aromatic heterocycles. The third-order valence-corrected chi connectivity index (χ3v) is 3.22. The number of oxime groups is 1. The van der Waals surface area contributed by atoms with Crippen LogP contribution in [0.1, 0.15) is 11.3 Å². The van der Waals surface area contributed by atoms with Gasteiger partial charge in [-0.05, 0) is 5.56 Å². The molecule has 0 aliphatic heterocycles. The molecule has 0 radical (unpaired) electrons. The summed E-state index contributed by atoms with van der Waals surface area (Å²) in [5.74, 6) is -1.17. The molecule has 1 aromatic carbocycles. The van der Waals surface area contributed by atoms with E-state index in [1.165, 1.54) is 18.4 Å². The molecular formula is C13H13N3O3S. The lowest BCUT2D eigenvalue weighted by atomic mass is 10.2. The molecule has 2 rings (SSSR count). The molecule has 7 heteroatoms. The molecule has 1 heterocycles. The highest BCUT2D eigenvalue weighted by atomic mass is 32.1. The smallest absolute Gasteiger partial charge is 0.360 e. The maximum Gasteiger partial charge on any atom is 0.360 e. The van der Waals surface area contributed by atoms with Gasteiger partial charge in [0, 0.05) is 11.9 Å². The number of carbonyl (C=O) groups is 1. The van der Waals surface area contributed by atoms with Crippen LogP contribution in [0.25, 0.3) is 0 Å². The summed E-state index contributed by atoms with van der Waals surface area (Å²) in [6.45, 7) is 0.623. The van der Waals surface area contributed by atoms with Crippen LogP contribution in [0.5, 0.6) is 0 Å². The minimum Gasteiger partial charge on any atom is -0.476 e. The van der Waals surface area contributed by atoms with Gasteiger partial charge in [-0.15, -0.1) is 11.3 Å². The molecule has 0 unspecified atom stereocenters. The Morgan fingerprint density at radius 1 is 1.45 bits per heavy atom. The first kappa shape index (κ1) is 14.0. The van der Waals surface area contributed by atoms with Gasteiger partial charge in [0.1, 0.15) is 12.8 Å². The summed E-state index contributed by atoms with van der Waals surface area (Å²) in [7, 11) is 1.30. The van der Waals surface area contributed by atoms with E-state index in [0.29, 0.717) is 11.7 Å². The first-order chi connectivity index (χ1) is 9.70. The SMILES string of the molecule is CON=C(C(=O)O)c1csc(NCc2ccccc2)n1. The highest BCUT2D eigenvalue weighted by molar-refractivity contribution is 7.14. The molecule has 2 N–H and O–H groups in total. The van der Waals surface area contributed by atoms with Crippen molar-refractivity contribution < 1.29 is 14.7 Å². The van der Waals surface area contributed by atoms with Crippen LogP contribution in [0, 0.1) is 0 Å². The van der Waals surface area contributed by atoms with Crippen LogP contribution in [-0.2, 0) is 16.2 Å². The summed E-state index contributed by atoms with van der Waals surface area (Å²) in [6, 6.07) is 9.86. The highest BCUT2D eigenvalue weighted by Gasteiger charge is 2.17. The van der Waals surface area contributed by atoms with Crippen LogP contribution < -0.4 is 5.32 Å². The first-order valence-corrected chi connectivity index (χ1v) is 6.67. The Balaban J connectivity index is 2.05. The van der Waals surface area contributed by atoms with E-state index in [0.717, 1.165) is 5.56 Å². The van der Waals surface area contributed by atoms with Crippen molar-refractivity contribution in [3.05, 3.63) is 47.0 Å². The second-order valence-corrected chi connectivity index (χ2v) is 4.66. The van der Waals surface area contributed by atoms with Crippen molar-refractivity contribution >= 4 is 28.1 Å². The molecule has 0 atom stereocenters. The predicted octanol–water partition coefficient (Wildman–Crippen LogP) is 2.19. The van der Waals surface area contributed by atoms with Gasteiger partial charge in [0.15, 0.2) is 5.13 Å². The number of aliphatic carboxylic acids is 1. The van der Waals surface area contributed by atoms with Gasteiger partial charge in [-0.25, -0.2) is 9.78 Å². The Morgan fingerprint density at radius 3 is 2.85 bits per heavy atom. The molecule has 104 valence electrons. The molecule has 0 aliphatic carbocycles. The summed E-state index contributed by atoms with van der Waals surface area (Å²) < 4.78 is 0. The number of carboxylic acids is 1. The highest BCUT2D eigenvalue weighted by Crippen LogP contribution is 2.17. The van der Waals surface area contributed by atoms with Gasteiger partial charge >= 0.3 is 5.97 Å². The zero-order chi connectivity index (χ0) is 14.4. The number of nitrogens with one attached hydrogen (secondary N) is 1. The van der Waals surface area contributed by atoms with Crippen LogP contribution in [0.15, 0.2) is 40.9 Å². The molecule has 0 amide bonds. The van der Waals surface area contributed by atoms with E-state index in [9.17, 15) is 4.79 Å². The van der Waals surface area contributed by atoms with Crippen LogP contribution in [-0.4, -0.2) is 28.9 Å². The van der Waals surface area contributed by atoms with E-state index >= 15 is 0 Å². The fraction of sp³-hybridized carbons (Fsp3) is 0.154. The summed E-state index contributed by atoms with van der Waals surface area (Å²) in [4.78, 5) is 19.7. The van der Waals surface area contributed by atoms with E-state index in [2.05, 4.69) is 20.3 Å². The van der Waals surface area contributed by atoms with Crippen LogP contribution >= 0.6 is 11.3 Å². The first-order valence-electron chi connectivity index (χ1n) is 5.79. The van der Waals surface area contributed by atoms with Crippen molar-refractivity contribution in [3.63, 3.8) is 0 Å². The monoisotopic (exact) mass is 291 g/mol. The van der Waals surface area contributed by atoms with Crippen molar-refractivity contribution in [1.82, 2.24) is 4.98 Å². The van der Waals surface area contributed by atoms with E-state index in [1.54, 1.807) is 5.38 Å². The molecule has 20 heavy (non-hydrogen) atoms. The normalized spacial score (nSPS) is 11.2. The zero-order valence-electron chi connectivity index (χ0n) is 10.7. The molecule has 0 fully saturated rings. The zero-order valence-corrected chi connectivity index (χ0v) is 11.6. The molecule has 6 nitrogen and oxygen atoms in total. The van der Waals surface area contributed by atoms with Gasteiger partial charge in [-0.3, -0.25) is 0 Å². The van der Waals surface area contributed by atoms with Crippen LogP contribution in [0.3, 0.4) is 0 Å². The second kappa shape index (κ2) is 6.67. The number of hydrogen-bond donors (Lipinski definition) is 2. The van der Waals surface area contributed by atoms with E-state index < -0.39 is 5.97 Å². The van der Waals surface area contributed by atoms with Crippen molar-refractivity contribution in [1.29, 1.82) is 0 Å². The Kier molecular flexibility index (Phi) is 4.67. The Labute approximate surface area is 119 Å². The lowest BCUT2D eigenvalue weighted by Crippen LogP contribution is -2.15. The Bertz CT molecular complexity index is 610. The number of rotatable bonds is 6. The van der Waals surface area contributed by atoms with E-state index in [1.807, 2.05) is 30.3 Å². The Hall–Kier alpha value is -2.41. The summed E-state index contributed by atoms with van der Waals surface area (Å²) in [6.07, 6.45) is 0. The summed E-state index contributed by atoms with van der Waals surface area (Å²) in [5, 5.41) is 17.9. The number of nitrogens with zero attached hydrogens (tertiary/aromatic N) is 2. The van der Waals surface area contributed by atoms with Crippen molar-refractivity contribution in [2.24, 2.45) is 5.16 Å². The van der Waals surface area contributed by atoms with Gasteiger partial charge < -0.3 is 15.3 Å². The molecule has 0 saturated heterocycles. The largest absolute Gasteiger partial charge is 0.476 e. The van der Waals surface area contributed by atoms with Crippen molar-refractivity contribution in [2.45, 2.75) is 6.54 Å². The number of hydrogen-bond acceptors (Lipinski definition) is 6. The maximum absolute atomic E-state index is 11.0. The number of aromatic nitrogens is 1. The lowest BCUT2D eigenvalue weighted by Gasteiger charge is -2.02. The average Bonchev–Trinajstić information content (AvgIpc) is 2.92. The molecule has 0 bridgehead atoms. The second-order valence-electron chi connectivity index (χ2n) is 3.80. The van der Waals surface area contributed by atoms with Gasteiger partial charge in [0.25, 0.3) is 0 Å². The molecular weight excluding hydrogens is 278 g/mol. The quantitative estimate of drug-likeness (QED) is 0.629. The lowest BCUT2D eigenvalue weighted by molar-refractivity contribution is -0.129. The number of benzene rings is 1. The maximum atomic E-state index is 11.0. The fourth-order valence-electron chi connectivity index (χ4n) is 1.52. The molecule has 2 aromatic rings. The number of anilines is 1. The summed E-state index contributed by atoms with van der Waals surface area (Å²) in [5.41, 5.74) is 1.18. The van der Waals surface area contributed by atoms with Crippen molar-refractivity contribution in [3.8, 4) is 0 Å². The van der Waals surface area contributed by atoms with Crippen LogP contribution in [0.2, 0.25) is 0 Å². The van der Waals surface area contributed by atoms with Crippen LogP contribution in [0.4, 0.5) is 5.13 Å². The minimum atomic E-state index is -1.17. The third kappa shape index (κ3) is 3.55. The van der Waals surface area contributed by atoms with Crippen molar-refractivity contribution in [2.75, 3.05) is 12.4 Å². The number of thiazole rings is 1. The molecule has 0 saturated carbocycles. The standard InChI is InChI=1S/C13H13N3O3S/c1-19-16-11(12(17)18)10-8-20-13(15-10)14-7-9-5-3-2-4-6-9/h2-6,8H,7H2,1H3,(H,14,15)(H,17,18). The van der Waals surface area contributed by atoms with Gasteiger partial charge in [-0.2, -0.15) is 0 Å². The van der Waals surface area contributed by atoms with Gasteiger partial charge in [-0.1, -0.05) is 35.5 Å². The molecule has 0 spiro atoms. The topological polar surface area (TPSA) is 83.8 Å². The summed E-state index contributed by atoms with van der Waals surface area (Å²) >= 11 is 1.32. The van der Waals surface area contributed by atoms with E-state index in [-0.39, 0.29) is 11.4 Å². The third-order valence-electron chi connectivity index (χ3n) is 2.42. The Morgan fingerprint density at radius 2 is 2.20 bits per heavy atom. The van der Waals surface area contributed by atoms with E-state index in [4.69, 9.17) is 5.11 Å².